The summed E-state index contributed by atoms with van der Waals surface area (Å²) in [5.41, 5.74) is 1.43. The number of benzene rings is 1. The standard InChI is InChI=1S/C18H28N2/c1-13-9-10-18(15(13)3)20-12-17(19-11-14(20)2)16-7-5-4-6-8-16/h4-8,13-15,17-19H,9-12H2,1-3H3. The molecule has 2 nitrogen and oxygen atoms in total. The lowest BCUT2D eigenvalue weighted by Crippen LogP contribution is -2.55. The molecule has 0 radical (unpaired) electrons. The van der Waals surface area contributed by atoms with E-state index in [9.17, 15) is 0 Å². The molecule has 1 aromatic rings. The molecule has 5 unspecified atom stereocenters. The van der Waals surface area contributed by atoms with Crippen LogP contribution in [0.4, 0.5) is 0 Å². The zero-order chi connectivity index (χ0) is 14.1. The molecule has 0 amide bonds. The van der Waals surface area contributed by atoms with Crippen LogP contribution in [0.2, 0.25) is 0 Å². The van der Waals surface area contributed by atoms with Crippen LogP contribution < -0.4 is 5.32 Å². The van der Waals surface area contributed by atoms with Crippen molar-refractivity contribution in [2.45, 2.75) is 51.7 Å². The molecular formula is C18H28N2. The van der Waals surface area contributed by atoms with E-state index in [4.69, 9.17) is 0 Å². The minimum absolute atomic E-state index is 0.496. The first-order valence-corrected chi connectivity index (χ1v) is 8.21. The van der Waals surface area contributed by atoms with Gasteiger partial charge in [0.1, 0.15) is 0 Å². The van der Waals surface area contributed by atoms with E-state index in [0.29, 0.717) is 12.1 Å². The maximum absolute atomic E-state index is 3.72. The van der Waals surface area contributed by atoms with Crippen LogP contribution in [0.15, 0.2) is 30.3 Å². The van der Waals surface area contributed by atoms with Gasteiger partial charge in [-0.3, -0.25) is 4.90 Å². The van der Waals surface area contributed by atoms with Gasteiger partial charge in [-0.15, -0.1) is 0 Å². The smallest absolute Gasteiger partial charge is 0.0450 e. The van der Waals surface area contributed by atoms with Crippen molar-refractivity contribution in [3.05, 3.63) is 35.9 Å². The van der Waals surface area contributed by atoms with Crippen LogP contribution in [0.3, 0.4) is 0 Å². The Morgan fingerprint density at radius 2 is 1.80 bits per heavy atom. The Kier molecular flexibility index (Phi) is 4.13. The number of hydrogen-bond acceptors (Lipinski definition) is 2. The molecule has 1 aliphatic carbocycles. The fourth-order valence-electron chi connectivity index (χ4n) is 4.06. The van der Waals surface area contributed by atoms with Gasteiger partial charge in [-0.2, -0.15) is 0 Å². The van der Waals surface area contributed by atoms with Gasteiger partial charge in [0.05, 0.1) is 0 Å². The van der Waals surface area contributed by atoms with Crippen LogP contribution in [0.1, 0.15) is 45.2 Å². The second-order valence-corrected chi connectivity index (χ2v) is 6.90. The van der Waals surface area contributed by atoms with Gasteiger partial charge in [0, 0.05) is 31.2 Å². The predicted molar refractivity (Wildman–Crippen MR) is 84.7 cm³/mol. The molecule has 2 fully saturated rings. The summed E-state index contributed by atoms with van der Waals surface area (Å²) in [5.74, 6) is 1.73. The van der Waals surface area contributed by atoms with E-state index in [0.717, 1.165) is 31.0 Å². The van der Waals surface area contributed by atoms with Crippen molar-refractivity contribution in [3.8, 4) is 0 Å². The summed E-state index contributed by atoms with van der Waals surface area (Å²) in [5, 5.41) is 3.72. The maximum Gasteiger partial charge on any atom is 0.0450 e. The molecule has 1 aromatic carbocycles. The highest BCUT2D eigenvalue weighted by Gasteiger charge is 2.38. The summed E-state index contributed by atoms with van der Waals surface area (Å²) < 4.78 is 0. The highest BCUT2D eigenvalue weighted by atomic mass is 15.3. The third-order valence-electron chi connectivity index (χ3n) is 5.67. The van der Waals surface area contributed by atoms with Crippen LogP contribution in [0.25, 0.3) is 0 Å². The number of rotatable bonds is 2. The number of nitrogens with one attached hydrogen (secondary N) is 1. The monoisotopic (exact) mass is 272 g/mol. The van der Waals surface area contributed by atoms with Crippen molar-refractivity contribution in [1.29, 1.82) is 0 Å². The molecule has 2 aliphatic rings. The molecule has 1 aliphatic heterocycles. The van der Waals surface area contributed by atoms with Gasteiger partial charge in [0.25, 0.3) is 0 Å². The van der Waals surface area contributed by atoms with Gasteiger partial charge in [-0.1, -0.05) is 44.2 Å². The average molecular weight is 272 g/mol. The van der Waals surface area contributed by atoms with E-state index >= 15 is 0 Å². The Bertz CT molecular complexity index is 430. The molecule has 1 saturated carbocycles. The van der Waals surface area contributed by atoms with Crippen LogP contribution in [0.5, 0.6) is 0 Å². The average Bonchev–Trinajstić information content (AvgIpc) is 2.81. The second-order valence-electron chi connectivity index (χ2n) is 6.90. The summed E-state index contributed by atoms with van der Waals surface area (Å²) >= 11 is 0. The summed E-state index contributed by atoms with van der Waals surface area (Å²) in [6.07, 6.45) is 2.78. The van der Waals surface area contributed by atoms with Crippen LogP contribution in [-0.4, -0.2) is 30.1 Å². The Labute approximate surface area is 123 Å². The van der Waals surface area contributed by atoms with Gasteiger partial charge in [0.2, 0.25) is 0 Å². The van der Waals surface area contributed by atoms with E-state index in [1.54, 1.807) is 0 Å². The third-order valence-corrected chi connectivity index (χ3v) is 5.67. The van der Waals surface area contributed by atoms with Crippen molar-refractivity contribution in [1.82, 2.24) is 10.2 Å². The lowest BCUT2D eigenvalue weighted by atomic mass is 9.93. The maximum atomic E-state index is 3.72. The lowest BCUT2D eigenvalue weighted by Gasteiger charge is -2.44. The van der Waals surface area contributed by atoms with Crippen LogP contribution in [0, 0.1) is 11.8 Å². The van der Waals surface area contributed by atoms with Gasteiger partial charge in [0.15, 0.2) is 0 Å². The fourth-order valence-corrected chi connectivity index (χ4v) is 4.06. The Hall–Kier alpha value is -0.860. The fraction of sp³-hybridized carbons (Fsp3) is 0.667. The summed E-state index contributed by atoms with van der Waals surface area (Å²) in [6, 6.07) is 12.9. The molecule has 20 heavy (non-hydrogen) atoms. The van der Waals surface area contributed by atoms with Gasteiger partial charge < -0.3 is 5.32 Å². The molecule has 3 rings (SSSR count). The molecule has 1 heterocycles. The van der Waals surface area contributed by atoms with Gasteiger partial charge in [-0.05, 0) is 37.2 Å². The van der Waals surface area contributed by atoms with Crippen molar-refractivity contribution in [3.63, 3.8) is 0 Å². The second kappa shape index (κ2) is 5.87. The minimum Gasteiger partial charge on any atom is -0.307 e. The highest BCUT2D eigenvalue weighted by molar-refractivity contribution is 5.20. The van der Waals surface area contributed by atoms with E-state index < -0.39 is 0 Å². The lowest BCUT2D eigenvalue weighted by molar-refractivity contribution is 0.0693. The Morgan fingerprint density at radius 1 is 1.05 bits per heavy atom. The summed E-state index contributed by atoms with van der Waals surface area (Å²) in [4.78, 5) is 2.78. The first-order chi connectivity index (χ1) is 9.66. The molecule has 110 valence electrons. The number of hydrogen-bond donors (Lipinski definition) is 1. The van der Waals surface area contributed by atoms with E-state index in [-0.39, 0.29) is 0 Å². The third kappa shape index (κ3) is 2.64. The zero-order valence-electron chi connectivity index (χ0n) is 13.0. The molecular weight excluding hydrogens is 244 g/mol. The normalized spacial score (nSPS) is 39.0. The van der Waals surface area contributed by atoms with Crippen molar-refractivity contribution in [2.24, 2.45) is 11.8 Å². The van der Waals surface area contributed by atoms with E-state index in [2.05, 4.69) is 61.3 Å². The van der Waals surface area contributed by atoms with Gasteiger partial charge in [-0.25, -0.2) is 0 Å². The Morgan fingerprint density at radius 3 is 2.45 bits per heavy atom. The minimum atomic E-state index is 0.496. The van der Waals surface area contributed by atoms with E-state index in [1.807, 2.05) is 0 Å². The highest BCUT2D eigenvalue weighted by Crippen LogP contribution is 2.37. The van der Waals surface area contributed by atoms with Crippen molar-refractivity contribution < 1.29 is 0 Å². The predicted octanol–water partition coefficient (Wildman–Crippen LogP) is 3.46. The van der Waals surface area contributed by atoms with Crippen molar-refractivity contribution in [2.75, 3.05) is 13.1 Å². The van der Waals surface area contributed by atoms with Crippen LogP contribution >= 0.6 is 0 Å². The first kappa shape index (κ1) is 14.1. The van der Waals surface area contributed by atoms with Crippen molar-refractivity contribution >= 4 is 0 Å². The molecule has 5 atom stereocenters. The largest absolute Gasteiger partial charge is 0.307 e. The first-order valence-electron chi connectivity index (χ1n) is 8.21. The molecule has 2 heteroatoms. The van der Waals surface area contributed by atoms with Gasteiger partial charge >= 0.3 is 0 Å². The molecule has 0 bridgehead atoms. The topological polar surface area (TPSA) is 15.3 Å². The molecule has 0 spiro atoms. The molecule has 1 N–H and O–H groups in total. The zero-order valence-corrected chi connectivity index (χ0v) is 13.0. The van der Waals surface area contributed by atoms with E-state index in [1.165, 1.54) is 18.4 Å². The SMILES string of the molecule is CC1CCC(N2CC(c3ccccc3)NCC2C)C1C. The number of piperazine rings is 1. The van der Waals surface area contributed by atoms with Crippen LogP contribution in [-0.2, 0) is 0 Å². The summed E-state index contributed by atoms with van der Waals surface area (Å²) in [7, 11) is 0. The quantitative estimate of drug-likeness (QED) is 0.887. The number of nitrogens with zero attached hydrogens (tertiary/aromatic N) is 1. The summed E-state index contributed by atoms with van der Waals surface area (Å²) in [6.45, 7) is 9.52. The molecule has 1 saturated heterocycles. The molecule has 0 aromatic heterocycles. The Balaban J connectivity index is 1.74.